The van der Waals surface area contributed by atoms with Crippen LogP contribution in [0.3, 0.4) is 0 Å². The van der Waals surface area contributed by atoms with E-state index in [1.165, 1.54) is 6.07 Å². The summed E-state index contributed by atoms with van der Waals surface area (Å²) in [5.74, 6) is -0.707. The van der Waals surface area contributed by atoms with Crippen LogP contribution in [0.5, 0.6) is 0 Å². The first-order chi connectivity index (χ1) is 12.3. The van der Waals surface area contributed by atoms with E-state index in [0.717, 1.165) is 17.5 Å². The molecule has 1 aromatic heterocycles. The van der Waals surface area contributed by atoms with Crippen molar-refractivity contribution in [1.82, 2.24) is 15.6 Å². The second-order valence-corrected chi connectivity index (χ2v) is 6.98. The lowest BCUT2D eigenvalue weighted by Crippen LogP contribution is -2.35. The van der Waals surface area contributed by atoms with Gasteiger partial charge in [-0.15, -0.1) is 0 Å². The number of halogens is 2. The van der Waals surface area contributed by atoms with E-state index in [1.807, 2.05) is 13.0 Å². The van der Waals surface area contributed by atoms with Crippen molar-refractivity contribution in [1.29, 1.82) is 0 Å². The van der Waals surface area contributed by atoms with Crippen LogP contribution in [0, 0.1) is 24.0 Å². The van der Waals surface area contributed by atoms with Crippen LogP contribution in [0.25, 0.3) is 5.83 Å². The number of nitrogens with zero attached hydrogens (tertiary/aromatic N) is 1. The van der Waals surface area contributed by atoms with Crippen molar-refractivity contribution in [3.63, 3.8) is 0 Å². The highest BCUT2D eigenvalue weighted by Crippen LogP contribution is 2.38. The third-order valence-corrected chi connectivity index (χ3v) is 4.67. The highest BCUT2D eigenvalue weighted by atomic mass is 79.9. The normalized spacial score (nSPS) is 15.8. The summed E-state index contributed by atoms with van der Waals surface area (Å²) in [5.41, 5.74) is 1.96. The SMILES string of the molecule is Cc1cc(C)c(CNC2NC=C(F)c3c2cc(Br)cc3[N+](=O)[O-])c(=O)[nH]1. The molecule has 1 atom stereocenters. The Morgan fingerprint density at radius 3 is 2.73 bits per heavy atom. The fraction of sp³-hybridized carbons (Fsp3) is 0.235. The molecule has 136 valence electrons. The summed E-state index contributed by atoms with van der Waals surface area (Å²) in [6.45, 7) is 3.85. The van der Waals surface area contributed by atoms with Gasteiger partial charge < -0.3 is 10.3 Å². The lowest BCUT2D eigenvalue weighted by atomic mass is 9.99. The number of nitrogens with one attached hydrogen (secondary N) is 3. The summed E-state index contributed by atoms with van der Waals surface area (Å²) in [7, 11) is 0. The largest absolute Gasteiger partial charge is 0.370 e. The first-order valence-corrected chi connectivity index (χ1v) is 8.60. The molecule has 0 saturated heterocycles. The number of pyridine rings is 1. The van der Waals surface area contributed by atoms with Crippen LogP contribution >= 0.6 is 15.9 Å². The first kappa shape index (κ1) is 18.3. The smallest absolute Gasteiger partial charge is 0.281 e. The van der Waals surface area contributed by atoms with E-state index in [-0.39, 0.29) is 23.4 Å². The molecular weight excluding hydrogens is 407 g/mol. The molecule has 2 aromatic rings. The maximum atomic E-state index is 14.2. The highest BCUT2D eigenvalue weighted by Gasteiger charge is 2.30. The molecule has 0 spiro atoms. The summed E-state index contributed by atoms with van der Waals surface area (Å²) in [6, 6.07) is 4.75. The lowest BCUT2D eigenvalue weighted by Gasteiger charge is -2.26. The van der Waals surface area contributed by atoms with Gasteiger partial charge in [-0.25, -0.2) is 4.39 Å². The average Bonchev–Trinajstić information content (AvgIpc) is 2.54. The van der Waals surface area contributed by atoms with Gasteiger partial charge >= 0.3 is 0 Å². The Labute approximate surface area is 156 Å². The van der Waals surface area contributed by atoms with E-state index in [2.05, 4.69) is 31.5 Å². The van der Waals surface area contributed by atoms with Crippen LogP contribution in [0.15, 0.2) is 33.7 Å². The maximum absolute atomic E-state index is 14.2. The fourth-order valence-corrected chi connectivity index (χ4v) is 3.50. The molecule has 1 aromatic carbocycles. The van der Waals surface area contributed by atoms with Crippen LogP contribution in [0.1, 0.15) is 34.1 Å². The van der Waals surface area contributed by atoms with E-state index >= 15 is 0 Å². The Bertz CT molecular complexity index is 987. The number of aromatic nitrogens is 1. The van der Waals surface area contributed by atoms with E-state index in [9.17, 15) is 19.3 Å². The number of H-pyrrole nitrogens is 1. The molecule has 0 radical (unpaired) electrons. The number of nitro groups is 1. The molecule has 9 heteroatoms. The van der Waals surface area contributed by atoms with Crippen LogP contribution in [0.4, 0.5) is 10.1 Å². The van der Waals surface area contributed by atoms with E-state index < -0.39 is 16.9 Å². The van der Waals surface area contributed by atoms with Crippen LogP contribution in [0.2, 0.25) is 0 Å². The molecule has 3 rings (SSSR count). The molecule has 2 heterocycles. The number of hydrogen-bond donors (Lipinski definition) is 3. The van der Waals surface area contributed by atoms with Crippen molar-refractivity contribution in [2.24, 2.45) is 0 Å². The zero-order valence-electron chi connectivity index (χ0n) is 14.0. The summed E-state index contributed by atoms with van der Waals surface area (Å²) in [6.07, 6.45) is 0.508. The van der Waals surface area contributed by atoms with Gasteiger partial charge in [-0.1, -0.05) is 15.9 Å². The second kappa shape index (κ2) is 7.00. The number of fused-ring (bicyclic) bond motifs is 1. The van der Waals surface area contributed by atoms with Crippen molar-refractivity contribution >= 4 is 27.4 Å². The number of hydrogen-bond acceptors (Lipinski definition) is 5. The number of rotatable bonds is 4. The molecule has 3 N–H and O–H groups in total. The molecule has 0 bridgehead atoms. The standard InChI is InChI=1S/C17H16BrFN4O3/c1-8-3-9(2)22-17(24)12(8)6-20-16-11-4-10(18)5-14(23(25)26)15(11)13(19)7-21-16/h3-5,7,16,20-21H,6H2,1-2H3,(H,22,24). The highest BCUT2D eigenvalue weighted by molar-refractivity contribution is 9.10. The minimum atomic E-state index is -0.707. The van der Waals surface area contributed by atoms with Crippen molar-refractivity contribution in [3.05, 3.63) is 77.3 Å². The lowest BCUT2D eigenvalue weighted by molar-refractivity contribution is -0.385. The predicted octanol–water partition coefficient (Wildman–Crippen LogP) is 3.32. The minimum Gasteiger partial charge on any atom is -0.370 e. The zero-order valence-corrected chi connectivity index (χ0v) is 15.6. The molecular formula is C17H16BrFN4O3. The van der Waals surface area contributed by atoms with Crippen LogP contribution in [-0.2, 0) is 6.54 Å². The topological polar surface area (TPSA) is 100 Å². The van der Waals surface area contributed by atoms with Gasteiger partial charge in [-0.2, -0.15) is 0 Å². The molecule has 0 saturated carbocycles. The van der Waals surface area contributed by atoms with Crippen molar-refractivity contribution < 1.29 is 9.31 Å². The monoisotopic (exact) mass is 422 g/mol. The average molecular weight is 423 g/mol. The number of aryl methyl sites for hydroxylation is 2. The zero-order chi connectivity index (χ0) is 19.0. The second-order valence-electron chi connectivity index (χ2n) is 6.06. The van der Waals surface area contributed by atoms with E-state index in [4.69, 9.17) is 0 Å². The van der Waals surface area contributed by atoms with Crippen LogP contribution < -0.4 is 16.2 Å². The third kappa shape index (κ3) is 3.40. The number of aromatic amines is 1. The van der Waals surface area contributed by atoms with Gasteiger partial charge in [0.2, 0.25) is 0 Å². The molecule has 0 amide bonds. The first-order valence-electron chi connectivity index (χ1n) is 7.80. The molecule has 1 aliphatic heterocycles. The van der Waals surface area contributed by atoms with E-state index in [1.54, 1.807) is 13.0 Å². The van der Waals surface area contributed by atoms with Crippen molar-refractivity contribution in [2.75, 3.05) is 0 Å². The van der Waals surface area contributed by atoms with Crippen molar-refractivity contribution in [2.45, 2.75) is 26.6 Å². The van der Waals surface area contributed by atoms with Crippen molar-refractivity contribution in [3.8, 4) is 0 Å². The van der Waals surface area contributed by atoms with E-state index in [0.29, 0.717) is 15.6 Å². The molecule has 26 heavy (non-hydrogen) atoms. The molecule has 0 aliphatic carbocycles. The Morgan fingerprint density at radius 1 is 1.35 bits per heavy atom. The Hall–Kier alpha value is -2.52. The van der Waals surface area contributed by atoms with Gasteiger partial charge in [0, 0.05) is 40.1 Å². The van der Waals surface area contributed by atoms with Gasteiger partial charge in [0.25, 0.3) is 11.2 Å². The minimum absolute atomic E-state index is 0.0658. The Kier molecular flexibility index (Phi) is 4.92. The summed E-state index contributed by atoms with van der Waals surface area (Å²) >= 11 is 3.23. The summed E-state index contributed by atoms with van der Waals surface area (Å²) in [5, 5.41) is 17.2. The molecule has 1 unspecified atom stereocenters. The Balaban J connectivity index is 1.96. The number of benzene rings is 1. The van der Waals surface area contributed by atoms with Gasteiger partial charge in [-0.3, -0.25) is 20.2 Å². The van der Waals surface area contributed by atoms with Gasteiger partial charge in [0.15, 0.2) is 5.83 Å². The quantitative estimate of drug-likeness (QED) is 0.518. The Morgan fingerprint density at radius 2 is 2.08 bits per heavy atom. The molecule has 7 nitrogen and oxygen atoms in total. The number of nitro benzene ring substituents is 1. The molecule has 1 aliphatic rings. The fourth-order valence-electron chi connectivity index (χ4n) is 3.04. The van der Waals surface area contributed by atoms with Gasteiger partial charge in [0.1, 0.15) is 6.17 Å². The van der Waals surface area contributed by atoms with Gasteiger partial charge in [0.05, 0.1) is 10.5 Å². The van der Waals surface area contributed by atoms with Crippen LogP contribution in [-0.4, -0.2) is 9.91 Å². The maximum Gasteiger partial charge on any atom is 0.281 e. The summed E-state index contributed by atoms with van der Waals surface area (Å²) < 4.78 is 14.7. The van der Waals surface area contributed by atoms with Gasteiger partial charge in [-0.05, 0) is 31.5 Å². The predicted molar refractivity (Wildman–Crippen MR) is 99.1 cm³/mol. The summed E-state index contributed by atoms with van der Waals surface area (Å²) in [4.78, 5) is 25.6. The molecule has 0 fully saturated rings. The third-order valence-electron chi connectivity index (χ3n) is 4.21.